The van der Waals surface area contributed by atoms with Crippen LogP contribution in [0.15, 0.2) is 48.5 Å². The first-order chi connectivity index (χ1) is 8.25. The zero-order valence-electron chi connectivity index (χ0n) is 8.85. The Morgan fingerprint density at radius 2 is 1.82 bits per heavy atom. The smallest absolute Gasteiger partial charge is 0.182 e. The maximum absolute atomic E-state index is 13.3. The number of aromatic nitrogens is 2. The van der Waals surface area contributed by atoms with Gasteiger partial charge in [-0.25, -0.2) is 4.39 Å². The van der Waals surface area contributed by atoms with Crippen LogP contribution in [0.1, 0.15) is 0 Å². The van der Waals surface area contributed by atoms with Crippen LogP contribution in [0.4, 0.5) is 4.39 Å². The van der Waals surface area contributed by atoms with Crippen molar-refractivity contribution in [2.45, 2.75) is 0 Å². The van der Waals surface area contributed by atoms with E-state index >= 15 is 0 Å². The van der Waals surface area contributed by atoms with E-state index in [1.165, 1.54) is 12.1 Å². The maximum atomic E-state index is 13.3. The zero-order valence-corrected chi connectivity index (χ0v) is 9.67. The van der Waals surface area contributed by atoms with E-state index in [0.29, 0.717) is 4.77 Å². The Kier molecular flexibility index (Phi) is 2.30. The van der Waals surface area contributed by atoms with Crippen molar-refractivity contribution in [1.29, 1.82) is 0 Å². The minimum Gasteiger partial charge on any atom is -0.330 e. The van der Waals surface area contributed by atoms with Crippen LogP contribution < -0.4 is 0 Å². The fourth-order valence-electron chi connectivity index (χ4n) is 1.91. The van der Waals surface area contributed by atoms with Gasteiger partial charge in [-0.15, -0.1) is 0 Å². The van der Waals surface area contributed by atoms with Gasteiger partial charge in [-0.1, -0.05) is 18.2 Å². The van der Waals surface area contributed by atoms with Gasteiger partial charge in [0.2, 0.25) is 0 Å². The third kappa shape index (κ3) is 1.66. The summed E-state index contributed by atoms with van der Waals surface area (Å²) in [5.74, 6) is -0.267. The summed E-state index contributed by atoms with van der Waals surface area (Å²) in [7, 11) is 0. The summed E-state index contributed by atoms with van der Waals surface area (Å²) in [4.78, 5) is 3.06. The standard InChI is InChI=1S/C13H9FN2S/c14-9-6-7-11-12(8-9)16(13(17)15-11)10-4-2-1-3-5-10/h1-8H,(H,15,17). The number of nitrogens with zero attached hydrogens (tertiary/aromatic N) is 1. The Bertz CT molecular complexity index is 728. The van der Waals surface area contributed by atoms with Gasteiger partial charge in [-0.05, 0) is 36.5 Å². The Labute approximate surface area is 102 Å². The largest absolute Gasteiger partial charge is 0.330 e. The summed E-state index contributed by atoms with van der Waals surface area (Å²) in [5.41, 5.74) is 2.51. The third-order valence-corrected chi connectivity index (χ3v) is 2.94. The van der Waals surface area contributed by atoms with Gasteiger partial charge < -0.3 is 4.98 Å². The normalized spacial score (nSPS) is 10.9. The van der Waals surface area contributed by atoms with Crippen molar-refractivity contribution in [3.63, 3.8) is 0 Å². The molecule has 2 nitrogen and oxygen atoms in total. The summed E-state index contributed by atoms with van der Waals surface area (Å²) in [6.45, 7) is 0. The summed E-state index contributed by atoms with van der Waals surface area (Å²) in [6, 6.07) is 14.3. The quantitative estimate of drug-likeness (QED) is 0.645. The molecule has 0 saturated heterocycles. The van der Waals surface area contributed by atoms with Crippen molar-refractivity contribution in [2.24, 2.45) is 0 Å². The molecule has 0 spiro atoms. The number of hydrogen-bond acceptors (Lipinski definition) is 1. The molecule has 1 aromatic heterocycles. The monoisotopic (exact) mass is 244 g/mol. The zero-order chi connectivity index (χ0) is 11.8. The third-order valence-electron chi connectivity index (χ3n) is 2.66. The average Bonchev–Trinajstić information content (AvgIpc) is 2.65. The van der Waals surface area contributed by atoms with Gasteiger partial charge in [0.15, 0.2) is 4.77 Å². The topological polar surface area (TPSA) is 20.7 Å². The Hall–Kier alpha value is -1.94. The van der Waals surface area contributed by atoms with Crippen LogP contribution in [0.3, 0.4) is 0 Å². The number of benzene rings is 2. The van der Waals surface area contributed by atoms with E-state index in [0.717, 1.165) is 16.7 Å². The van der Waals surface area contributed by atoms with Crippen LogP contribution in [0.2, 0.25) is 0 Å². The molecule has 0 bridgehead atoms. The first kappa shape index (κ1) is 10.2. The second-order valence-electron chi connectivity index (χ2n) is 3.76. The number of fused-ring (bicyclic) bond motifs is 1. The average molecular weight is 244 g/mol. The molecule has 0 radical (unpaired) electrons. The van der Waals surface area contributed by atoms with Crippen LogP contribution in [0, 0.1) is 10.6 Å². The lowest BCUT2D eigenvalue weighted by atomic mass is 10.3. The molecule has 4 heteroatoms. The Balaban J connectivity index is 2.40. The second kappa shape index (κ2) is 3.82. The molecule has 0 aliphatic carbocycles. The number of halogens is 1. The first-order valence-corrected chi connectivity index (χ1v) is 5.62. The molecule has 84 valence electrons. The molecule has 17 heavy (non-hydrogen) atoms. The molecule has 0 unspecified atom stereocenters. The number of nitrogens with one attached hydrogen (secondary N) is 1. The predicted molar refractivity (Wildman–Crippen MR) is 68.4 cm³/mol. The summed E-state index contributed by atoms with van der Waals surface area (Å²) >= 11 is 5.26. The highest BCUT2D eigenvalue weighted by atomic mass is 32.1. The van der Waals surface area contributed by atoms with E-state index in [1.807, 2.05) is 34.9 Å². The molecule has 1 N–H and O–H groups in total. The van der Waals surface area contributed by atoms with Crippen molar-refractivity contribution in [3.8, 4) is 5.69 Å². The maximum Gasteiger partial charge on any atom is 0.182 e. The molecule has 0 atom stereocenters. The lowest BCUT2D eigenvalue weighted by Gasteiger charge is -2.03. The van der Waals surface area contributed by atoms with Gasteiger partial charge in [0.1, 0.15) is 5.82 Å². The van der Waals surface area contributed by atoms with Crippen molar-refractivity contribution in [1.82, 2.24) is 9.55 Å². The SMILES string of the molecule is Fc1ccc2[nH]c(=S)n(-c3ccccc3)c2c1. The molecule has 0 saturated carbocycles. The number of para-hydroxylation sites is 1. The van der Waals surface area contributed by atoms with Gasteiger partial charge in [0.25, 0.3) is 0 Å². The van der Waals surface area contributed by atoms with E-state index < -0.39 is 0 Å². The van der Waals surface area contributed by atoms with Gasteiger partial charge in [0, 0.05) is 11.8 Å². The van der Waals surface area contributed by atoms with E-state index in [4.69, 9.17) is 12.2 Å². The van der Waals surface area contributed by atoms with Gasteiger partial charge in [0.05, 0.1) is 11.0 Å². The number of imidazole rings is 1. The summed E-state index contributed by atoms with van der Waals surface area (Å²) in [6.07, 6.45) is 0. The van der Waals surface area contributed by atoms with Crippen LogP contribution in [0.25, 0.3) is 16.7 Å². The minimum atomic E-state index is -0.267. The van der Waals surface area contributed by atoms with Crippen LogP contribution in [-0.4, -0.2) is 9.55 Å². The minimum absolute atomic E-state index is 0.267. The molecule has 0 aliphatic rings. The van der Waals surface area contributed by atoms with Crippen molar-refractivity contribution in [2.75, 3.05) is 0 Å². The first-order valence-electron chi connectivity index (χ1n) is 5.21. The molecule has 0 aliphatic heterocycles. The van der Waals surface area contributed by atoms with Gasteiger partial charge in [-0.3, -0.25) is 4.57 Å². The highest BCUT2D eigenvalue weighted by molar-refractivity contribution is 7.71. The molecule has 0 amide bonds. The molecule has 3 rings (SSSR count). The molecular formula is C13H9FN2S. The molecular weight excluding hydrogens is 235 g/mol. The lowest BCUT2D eigenvalue weighted by molar-refractivity contribution is 0.629. The van der Waals surface area contributed by atoms with E-state index in [9.17, 15) is 4.39 Å². The van der Waals surface area contributed by atoms with Crippen molar-refractivity contribution in [3.05, 3.63) is 59.1 Å². The van der Waals surface area contributed by atoms with Crippen LogP contribution >= 0.6 is 12.2 Å². The highest BCUT2D eigenvalue weighted by Crippen LogP contribution is 2.20. The number of aromatic amines is 1. The fourth-order valence-corrected chi connectivity index (χ4v) is 2.22. The number of hydrogen-bond donors (Lipinski definition) is 1. The van der Waals surface area contributed by atoms with Crippen LogP contribution in [0.5, 0.6) is 0 Å². The van der Waals surface area contributed by atoms with Gasteiger partial charge in [-0.2, -0.15) is 0 Å². The van der Waals surface area contributed by atoms with Crippen LogP contribution in [-0.2, 0) is 0 Å². The number of rotatable bonds is 1. The van der Waals surface area contributed by atoms with E-state index in [1.54, 1.807) is 6.07 Å². The Morgan fingerprint density at radius 1 is 1.06 bits per heavy atom. The van der Waals surface area contributed by atoms with Crippen molar-refractivity contribution < 1.29 is 4.39 Å². The highest BCUT2D eigenvalue weighted by Gasteiger charge is 2.06. The molecule has 3 aromatic rings. The predicted octanol–water partition coefficient (Wildman–Crippen LogP) is 3.83. The molecule has 0 fully saturated rings. The number of H-pyrrole nitrogens is 1. The fraction of sp³-hybridized carbons (Fsp3) is 0. The molecule has 2 aromatic carbocycles. The second-order valence-corrected chi connectivity index (χ2v) is 4.15. The lowest BCUT2D eigenvalue weighted by Crippen LogP contribution is -1.93. The summed E-state index contributed by atoms with van der Waals surface area (Å²) in [5, 5.41) is 0. The van der Waals surface area contributed by atoms with Crippen molar-refractivity contribution >= 4 is 23.3 Å². The summed E-state index contributed by atoms with van der Waals surface area (Å²) < 4.78 is 15.7. The van der Waals surface area contributed by atoms with Gasteiger partial charge >= 0.3 is 0 Å². The van der Waals surface area contributed by atoms with E-state index in [2.05, 4.69) is 4.98 Å². The van der Waals surface area contributed by atoms with E-state index in [-0.39, 0.29) is 5.82 Å². The Morgan fingerprint density at radius 3 is 2.59 bits per heavy atom. The molecule has 1 heterocycles.